The molecule has 0 aliphatic carbocycles. The van der Waals surface area contributed by atoms with Crippen LogP contribution in [0.5, 0.6) is 0 Å². The molecule has 0 aliphatic rings. The first kappa shape index (κ1) is 15.0. The maximum absolute atomic E-state index is 5.96. The Labute approximate surface area is 152 Å². The Kier molecular flexibility index (Phi) is 3.26. The second kappa shape index (κ2) is 5.63. The van der Waals surface area contributed by atoms with Crippen LogP contribution in [0.15, 0.2) is 55.2 Å². The molecule has 0 N–H and O–H groups in total. The lowest BCUT2D eigenvalue weighted by Crippen LogP contribution is -2.09. The summed E-state index contributed by atoms with van der Waals surface area (Å²) in [5, 5.41) is 14.6. The fourth-order valence-electron chi connectivity index (χ4n) is 2.92. The number of aromatic nitrogens is 8. The number of halogens is 1. The first-order valence-corrected chi connectivity index (χ1v) is 8.42. The van der Waals surface area contributed by atoms with Crippen LogP contribution in [0.25, 0.3) is 22.4 Å². The van der Waals surface area contributed by atoms with E-state index < -0.39 is 0 Å². The molecule has 26 heavy (non-hydrogen) atoms. The van der Waals surface area contributed by atoms with Gasteiger partial charge in [0, 0.05) is 6.20 Å². The molecule has 0 aliphatic heterocycles. The summed E-state index contributed by atoms with van der Waals surface area (Å²) in [5.74, 6) is 0.631. The number of hydrogen-bond acceptors (Lipinski definition) is 5. The maximum Gasteiger partial charge on any atom is 0.176 e. The molecular weight excluding hydrogens is 352 g/mol. The molecule has 5 aromatic rings. The van der Waals surface area contributed by atoms with Gasteiger partial charge in [-0.25, -0.2) is 19.2 Å². The number of para-hydroxylation sites is 1. The zero-order valence-electron chi connectivity index (χ0n) is 13.7. The first-order chi connectivity index (χ1) is 12.7. The third-order valence-electron chi connectivity index (χ3n) is 4.26. The average Bonchev–Trinajstić information content (AvgIpc) is 3.38. The average molecular weight is 365 g/mol. The predicted octanol–water partition coefficient (Wildman–Crippen LogP) is 2.92. The SMILES string of the molecule is CC(c1nc2c3cnn(-c4ccccc4)c3ncn2n1)n1cc(Cl)cn1. The quantitative estimate of drug-likeness (QED) is 0.492. The Hall–Kier alpha value is -3.26. The molecule has 5 rings (SSSR count). The standard InChI is InChI=1S/C17H13ClN8/c1-11(24-9-12(18)7-20-24)15-22-17-14-8-21-26(13-5-3-2-4-6-13)16(14)19-10-25(17)23-15/h2-11H,1H3. The molecule has 0 saturated carbocycles. The molecular formula is C17H13ClN8. The van der Waals surface area contributed by atoms with Crippen molar-refractivity contribution in [1.29, 1.82) is 0 Å². The van der Waals surface area contributed by atoms with Crippen molar-refractivity contribution in [3.05, 3.63) is 66.1 Å². The van der Waals surface area contributed by atoms with Crippen molar-refractivity contribution in [2.24, 2.45) is 0 Å². The van der Waals surface area contributed by atoms with E-state index in [2.05, 4.69) is 25.3 Å². The number of hydrogen-bond donors (Lipinski definition) is 0. The van der Waals surface area contributed by atoms with Gasteiger partial charge in [-0.15, -0.1) is 5.10 Å². The van der Waals surface area contributed by atoms with E-state index in [1.807, 2.05) is 37.3 Å². The first-order valence-electron chi connectivity index (χ1n) is 8.05. The molecule has 0 fully saturated rings. The lowest BCUT2D eigenvalue weighted by Gasteiger charge is -2.06. The highest BCUT2D eigenvalue weighted by atomic mass is 35.5. The second-order valence-corrected chi connectivity index (χ2v) is 6.36. The van der Waals surface area contributed by atoms with Crippen molar-refractivity contribution < 1.29 is 0 Å². The van der Waals surface area contributed by atoms with Crippen molar-refractivity contribution in [3.63, 3.8) is 0 Å². The minimum Gasteiger partial charge on any atom is -0.261 e. The van der Waals surface area contributed by atoms with Gasteiger partial charge in [-0.2, -0.15) is 10.2 Å². The Morgan fingerprint density at radius 3 is 2.65 bits per heavy atom. The summed E-state index contributed by atoms with van der Waals surface area (Å²) in [7, 11) is 0. The van der Waals surface area contributed by atoms with Crippen LogP contribution in [-0.4, -0.2) is 39.1 Å². The summed E-state index contributed by atoms with van der Waals surface area (Å²) in [6.45, 7) is 1.97. The van der Waals surface area contributed by atoms with E-state index >= 15 is 0 Å². The molecule has 1 atom stereocenters. The fourth-order valence-corrected chi connectivity index (χ4v) is 3.06. The van der Waals surface area contributed by atoms with Gasteiger partial charge in [0.1, 0.15) is 12.4 Å². The normalized spacial score (nSPS) is 12.8. The van der Waals surface area contributed by atoms with Gasteiger partial charge in [0.25, 0.3) is 0 Å². The molecule has 8 nitrogen and oxygen atoms in total. The molecule has 1 unspecified atom stereocenters. The Balaban J connectivity index is 1.65. The highest BCUT2D eigenvalue weighted by Crippen LogP contribution is 2.22. The zero-order chi connectivity index (χ0) is 17.7. The van der Waals surface area contributed by atoms with Gasteiger partial charge in [-0.05, 0) is 19.1 Å². The number of benzene rings is 1. The van der Waals surface area contributed by atoms with Crippen LogP contribution in [-0.2, 0) is 0 Å². The second-order valence-electron chi connectivity index (χ2n) is 5.93. The minimum atomic E-state index is -0.151. The van der Waals surface area contributed by atoms with Gasteiger partial charge >= 0.3 is 0 Å². The minimum absolute atomic E-state index is 0.151. The third-order valence-corrected chi connectivity index (χ3v) is 4.46. The van der Waals surface area contributed by atoms with Crippen LogP contribution >= 0.6 is 11.6 Å². The van der Waals surface area contributed by atoms with Gasteiger partial charge in [0.15, 0.2) is 17.1 Å². The molecule has 0 amide bonds. The summed E-state index contributed by atoms with van der Waals surface area (Å²) in [4.78, 5) is 9.20. The summed E-state index contributed by atoms with van der Waals surface area (Å²) in [6.07, 6.45) is 6.76. The highest BCUT2D eigenvalue weighted by molar-refractivity contribution is 6.30. The van der Waals surface area contributed by atoms with Crippen LogP contribution < -0.4 is 0 Å². The van der Waals surface area contributed by atoms with E-state index in [-0.39, 0.29) is 6.04 Å². The molecule has 0 saturated heterocycles. The van der Waals surface area contributed by atoms with Crippen molar-refractivity contribution in [1.82, 2.24) is 39.1 Å². The molecule has 0 bridgehead atoms. The molecule has 0 radical (unpaired) electrons. The van der Waals surface area contributed by atoms with E-state index in [9.17, 15) is 0 Å². The molecule has 4 heterocycles. The largest absolute Gasteiger partial charge is 0.261 e. The predicted molar refractivity (Wildman–Crippen MR) is 96.5 cm³/mol. The van der Waals surface area contributed by atoms with Crippen LogP contribution in [0.2, 0.25) is 5.02 Å². The number of fused-ring (bicyclic) bond motifs is 3. The van der Waals surface area contributed by atoms with E-state index in [0.717, 1.165) is 16.7 Å². The van der Waals surface area contributed by atoms with Crippen molar-refractivity contribution in [2.75, 3.05) is 0 Å². The van der Waals surface area contributed by atoms with Crippen LogP contribution in [0.4, 0.5) is 0 Å². The third kappa shape index (κ3) is 2.26. The molecule has 1 aromatic carbocycles. The van der Waals surface area contributed by atoms with E-state index in [1.165, 1.54) is 0 Å². The van der Waals surface area contributed by atoms with Gasteiger partial charge in [-0.3, -0.25) is 4.68 Å². The smallest absolute Gasteiger partial charge is 0.176 e. The van der Waals surface area contributed by atoms with Crippen LogP contribution in [0.3, 0.4) is 0 Å². The van der Waals surface area contributed by atoms with E-state index in [0.29, 0.717) is 16.5 Å². The lowest BCUT2D eigenvalue weighted by atomic mass is 10.3. The monoisotopic (exact) mass is 364 g/mol. The fraction of sp³-hybridized carbons (Fsp3) is 0.118. The number of nitrogens with zero attached hydrogens (tertiary/aromatic N) is 8. The summed E-state index contributed by atoms with van der Waals surface area (Å²) in [6, 6.07) is 9.71. The van der Waals surface area contributed by atoms with Crippen molar-refractivity contribution in [2.45, 2.75) is 13.0 Å². The van der Waals surface area contributed by atoms with Gasteiger partial charge in [-0.1, -0.05) is 29.8 Å². The Bertz CT molecular complexity index is 1220. The summed E-state index contributed by atoms with van der Waals surface area (Å²) in [5.41, 5.74) is 2.38. The van der Waals surface area contributed by atoms with E-state index in [4.69, 9.17) is 11.6 Å². The maximum atomic E-state index is 5.96. The molecule has 9 heteroatoms. The van der Waals surface area contributed by atoms with Crippen molar-refractivity contribution in [3.8, 4) is 5.69 Å². The molecule has 4 aromatic heterocycles. The van der Waals surface area contributed by atoms with E-state index in [1.54, 1.807) is 38.8 Å². The lowest BCUT2D eigenvalue weighted by molar-refractivity contribution is 0.536. The summed E-state index contributed by atoms with van der Waals surface area (Å²) >= 11 is 5.96. The van der Waals surface area contributed by atoms with Gasteiger partial charge in [0.05, 0.1) is 28.5 Å². The van der Waals surface area contributed by atoms with Crippen LogP contribution in [0, 0.1) is 0 Å². The van der Waals surface area contributed by atoms with Gasteiger partial charge < -0.3 is 0 Å². The van der Waals surface area contributed by atoms with Gasteiger partial charge in [0.2, 0.25) is 0 Å². The van der Waals surface area contributed by atoms with Crippen LogP contribution in [0.1, 0.15) is 18.8 Å². The Morgan fingerprint density at radius 1 is 1.04 bits per heavy atom. The summed E-state index contributed by atoms with van der Waals surface area (Å²) < 4.78 is 5.19. The number of rotatable bonds is 3. The van der Waals surface area contributed by atoms with Crippen molar-refractivity contribution >= 4 is 28.3 Å². The topological polar surface area (TPSA) is 78.7 Å². The molecule has 128 valence electrons. The molecule has 0 spiro atoms. The Morgan fingerprint density at radius 2 is 1.88 bits per heavy atom. The zero-order valence-corrected chi connectivity index (χ0v) is 14.5. The highest BCUT2D eigenvalue weighted by Gasteiger charge is 2.18.